The molecule has 0 aliphatic carbocycles. The largest absolute Gasteiger partial charge is 0.287 e. The zero-order chi connectivity index (χ0) is 14.8. The number of benzene rings is 2. The van der Waals surface area contributed by atoms with Gasteiger partial charge in [0.05, 0.1) is 17.4 Å². The second kappa shape index (κ2) is 5.28. The first-order valence-corrected chi connectivity index (χ1v) is 6.44. The monoisotopic (exact) mass is 281 g/mol. The van der Waals surface area contributed by atoms with Crippen LogP contribution in [0, 0.1) is 12.7 Å². The van der Waals surface area contributed by atoms with Crippen LogP contribution in [0.2, 0.25) is 0 Å². The summed E-state index contributed by atoms with van der Waals surface area (Å²) in [6.45, 7) is 1.80. The Kier molecular flexibility index (Phi) is 3.31. The molecule has 0 saturated heterocycles. The molecule has 1 heterocycles. The van der Waals surface area contributed by atoms with E-state index in [0.717, 1.165) is 11.3 Å². The third-order valence-electron chi connectivity index (χ3n) is 3.08. The number of hydrogen-bond donors (Lipinski definition) is 0. The van der Waals surface area contributed by atoms with Crippen molar-refractivity contribution in [1.29, 1.82) is 0 Å². The summed E-state index contributed by atoms with van der Waals surface area (Å²) in [5.74, 6) is -1.03. The predicted molar refractivity (Wildman–Crippen MR) is 75.9 cm³/mol. The molecular weight excluding hydrogens is 269 g/mol. The summed E-state index contributed by atoms with van der Waals surface area (Å²) < 4.78 is 13.8. The van der Waals surface area contributed by atoms with Crippen LogP contribution in [0.3, 0.4) is 0 Å². The molecule has 0 saturated carbocycles. The maximum absolute atomic E-state index is 13.8. The number of halogens is 1. The summed E-state index contributed by atoms with van der Waals surface area (Å²) >= 11 is 0. The Morgan fingerprint density at radius 3 is 2.67 bits per heavy atom. The molecule has 0 radical (unpaired) electrons. The highest BCUT2D eigenvalue weighted by atomic mass is 19.1. The molecule has 0 bridgehead atoms. The van der Waals surface area contributed by atoms with E-state index in [2.05, 4.69) is 10.2 Å². The maximum Gasteiger partial charge on any atom is 0.217 e. The van der Waals surface area contributed by atoms with Gasteiger partial charge >= 0.3 is 0 Å². The van der Waals surface area contributed by atoms with Gasteiger partial charge in [-0.3, -0.25) is 4.79 Å². The molecule has 0 unspecified atom stereocenters. The molecule has 2 aromatic carbocycles. The zero-order valence-corrected chi connectivity index (χ0v) is 11.3. The molecule has 5 heteroatoms. The van der Waals surface area contributed by atoms with E-state index in [9.17, 15) is 9.18 Å². The zero-order valence-electron chi connectivity index (χ0n) is 11.3. The van der Waals surface area contributed by atoms with Crippen LogP contribution in [-0.4, -0.2) is 20.8 Å². The van der Waals surface area contributed by atoms with Crippen molar-refractivity contribution in [2.24, 2.45) is 0 Å². The van der Waals surface area contributed by atoms with E-state index >= 15 is 0 Å². The molecule has 0 aliphatic heterocycles. The summed E-state index contributed by atoms with van der Waals surface area (Å²) in [4.78, 5) is 13.7. The Morgan fingerprint density at radius 2 is 1.90 bits per heavy atom. The molecule has 3 rings (SSSR count). The van der Waals surface area contributed by atoms with Crippen molar-refractivity contribution < 1.29 is 9.18 Å². The fourth-order valence-corrected chi connectivity index (χ4v) is 2.00. The highest BCUT2D eigenvalue weighted by molar-refractivity contribution is 6.07. The van der Waals surface area contributed by atoms with Crippen LogP contribution in [0.25, 0.3) is 5.69 Å². The van der Waals surface area contributed by atoms with Crippen molar-refractivity contribution in [1.82, 2.24) is 15.0 Å². The molecule has 3 aromatic rings. The molecular formula is C16H12FN3O. The van der Waals surface area contributed by atoms with Crippen LogP contribution >= 0.6 is 0 Å². The Balaban J connectivity index is 1.96. The first kappa shape index (κ1) is 13.2. The number of carbonyl (C=O) groups is 1. The molecule has 0 atom stereocenters. The molecule has 1 aromatic heterocycles. The SMILES string of the molecule is Cc1ccc(F)c(C(=O)c2cnn(-c3ccccc3)n2)c1. The fourth-order valence-electron chi connectivity index (χ4n) is 2.00. The molecule has 104 valence electrons. The quantitative estimate of drug-likeness (QED) is 0.693. The van der Waals surface area contributed by atoms with Gasteiger partial charge in [0.2, 0.25) is 5.78 Å². The number of hydrogen-bond acceptors (Lipinski definition) is 3. The number of aryl methyl sites for hydroxylation is 1. The lowest BCUT2D eigenvalue weighted by Crippen LogP contribution is -2.07. The Labute approximate surface area is 120 Å². The number of ketones is 1. The van der Waals surface area contributed by atoms with Crippen molar-refractivity contribution in [3.05, 3.63) is 77.4 Å². The standard InChI is InChI=1S/C16H12FN3O/c1-11-7-8-14(17)13(9-11)16(21)15-10-18-20(19-15)12-5-3-2-4-6-12/h2-10H,1H3. The van der Waals surface area contributed by atoms with Crippen LogP contribution < -0.4 is 0 Å². The van der Waals surface area contributed by atoms with E-state index in [1.54, 1.807) is 13.0 Å². The second-order valence-corrected chi connectivity index (χ2v) is 4.67. The van der Waals surface area contributed by atoms with Crippen molar-refractivity contribution in [2.75, 3.05) is 0 Å². The van der Waals surface area contributed by atoms with Crippen molar-refractivity contribution in [2.45, 2.75) is 6.92 Å². The molecule has 4 nitrogen and oxygen atoms in total. The van der Waals surface area contributed by atoms with Gasteiger partial charge < -0.3 is 0 Å². The minimum atomic E-state index is -0.556. The number of aromatic nitrogens is 3. The smallest absolute Gasteiger partial charge is 0.217 e. The number of rotatable bonds is 3. The normalized spacial score (nSPS) is 10.6. The van der Waals surface area contributed by atoms with E-state index < -0.39 is 11.6 Å². The molecule has 0 amide bonds. The van der Waals surface area contributed by atoms with E-state index in [1.165, 1.54) is 23.1 Å². The van der Waals surface area contributed by atoms with Gasteiger partial charge in [-0.1, -0.05) is 29.8 Å². The first-order chi connectivity index (χ1) is 10.1. The Hall–Kier alpha value is -2.82. The van der Waals surface area contributed by atoms with Crippen LogP contribution in [0.4, 0.5) is 4.39 Å². The van der Waals surface area contributed by atoms with Crippen molar-refractivity contribution in [3.63, 3.8) is 0 Å². The van der Waals surface area contributed by atoms with Gasteiger partial charge in [-0.05, 0) is 31.2 Å². The maximum atomic E-state index is 13.8. The fraction of sp³-hybridized carbons (Fsp3) is 0.0625. The minimum Gasteiger partial charge on any atom is -0.287 e. The second-order valence-electron chi connectivity index (χ2n) is 4.67. The van der Waals surface area contributed by atoms with Crippen molar-refractivity contribution in [3.8, 4) is 5.69 Å². The van der Waals surface area contributed by atoms with Gasteiger partial charge in [-0.2, -0.15) is 9.90 Å². The van der Waals surface area contributed by atoms with Crippen LogP contribution in [0.15, 0.2) is 54.7 Å². The lowest BCUT2D eigenvalue weighted by molar-refractivity contribution is 0.103. The molecule has 0 spiro atoms. The third kappa shape index (κ3) is 2.58. The summed E-state index contributed by atoms with van der Waals surface area (Å²) in [5, 5.41) is 8.16. The number of carbonyl (C=O) groups excluding carboxylic acids is 1. The van der Waals surface area contributed by atoms with Gasteiger partial charge in [0.15, 0.2) is 5.69 Å². The van der Waals surface area contributed by atoms with Gasteiger partial charge in [0.25, 0.3) is 0 Å². The van der Waals surface area contributed by atoms with E-state index in [0.29, 0.717) is 0 Å². The van der Waals surface area contributed by atoms with E-state index in [-0.39, 0.29) is 11.3 Å². The molecule has 0 aliphatic rings. The Bertz CT molecular complexity index is 796. The van der Waals surface area contributed by atoms with Gasteiger partial charge in [-0.15, -0.1) is 5.10 Å². The Morgan fingerprint density at radius 1 is 1.14 bits per heavy atom. The summed E-state index contributed by atoms with van der Waals surface area (Å²) in [6.07, 6.45) is 1.34. The third-order valence-corrected chi connectivity index (χ3v) is 3.08. The highest BCUT2D eigenvalue weighted by Crippen LogP contribution is 2.14. The molecule has 0 fully saturated rings. The summed E-state index contributed by atoms with van der Waals surface area (Å²) in [7, 11) is 0. The lowest BCUT2D eigenvalue weighted by Gasteiger charge is -2.01. The molecule has 0 N–H and O–H groups in total. The van der Waals surface area contributed by atoms with E-state index in [1.807, 2.05) is 30.3 Å². The predicted octanol–water partition coefficient (Wildman–Crippen LogP) is 2.95. The average Bonchev–Trinajstić information content (AvgIpc) is 3.00. The van der Waals surface area contributed by atoms with Crippen LogP contribution in [-0.2, 0) is 0 Å². The molecule has 21 heavy (non-hydrogen) atoms. The minimum absolute atomic E-state index is 0.00936. The number of para-hydroxylation sites is 1. The van der Waals surface area contributed by atoms with Crippen molar-refractivity contribution >= 4 is 5.78 Å². The van der Waals surface area contributed by atoms with Gasteiger partial charge in [0.1, 0.15) is 5.82 Å². The van der Waals surface area contributed by atoms with Crippen LogP contribution in [0.5, 0.6) is 0 Å². The lowest BCUT2D eigenvalue weighted by atomic mass is 10.1. The van der Waals surface area contributed by atoms with Gasteiger partial charge in [0, 0.05) is 0 Å². The van der Waals surface area contributed by atoms with E-state index in [4.69, 9.17) is 0 Å². The van der Waals surface area contributed by atoms with Crippen LogP contribution in [0.1, 0.15) is 21.6 Å². The average molecular weight is 281 g/mol. The summed E-state index contributed by atoms with van der Waals surface area (Å²) in [6, 6.07) is 13.6. The van der Waals surface area contributed by atoms with Gasteiger partial charge in [-0.25, -0.2) is 4.39 Å². The topological polar surface area (TPSA) is 47.8 Å². The summed E-state index contributed by atoms with van der Waals surface area (Å²) in [5.41, 5.74) is 1.68. The first-order valence-electron chi connectivity index (χ1n) is 6.44. The highest BCUT2D eigenvalue weighted by Gasteiger charge is 2.17. The number of nitrogens with zero attached hydrogens (tertiary/aromatic N) is 3.